The smallest absolute Gasteiger partial charge is 0.228 e. The van der Waals surface area contributed by atoms with E-state index >= 15 is 0 Å². The summed E-state index contributed by atoms with van der Waals surface area (Å²) in [6.45, 7) is 0.495. The molecule has 0 bridgehead atoms. The number of nitrogen functional groups attached to an aromatic ring is 1. The van der Waals surface area contributed by atoms with E-state index in [2.05, 4.69) is 5.32 Å². The van der Waals surface area contributed by atoms with Crippen molar-refractivity contribution in [3.05, 3.63) is 17.7 Å². The van der Waals surface area contributed by atoms with Gasteiger partial charge >= 0.3 is 0 Å². The summed E-state index contributed by atoms with van der Waals surface area (Å²) in [7, 11) is 0. The Hall–Kier alpha value is -1.75. The maximum Gasteiger partial charge on any atom is 0.228 e. The molecule has 86 valence electrons. The van der Waals surface area contributed by atoms with Gasteiger partial charge in [0.15, 0.2) is 0 Å². The fraction of sp³-hybridized carbons (Fsp3) is 0.364. The average Bonchev–Trinajstić information content (AvgIpc) is 2.58. The Bertz CT molecular complexity index is 418. The molecule has 0 unspecified atom stereocenters. The predicted octanol–water partition coefficient (Wildman–Crippen LogP) is 0.525. The van der Waals surface area contributed by atoms with Crippen molar-refractivity contribution in [2.75, 3.05) is 24.3 Å². The lowest BCUT2D eigenvalue weighted by Gasteiger charge is -2.10. The van der Waals surface area contributed by atoms with E-state index in [4.69, 9.17) is 15.6 Å². The van der Waals surface area contributed by atoms with E-state index < -0.39 is 0 Å². The average molecular weight is 222 g/mol. The Morgan fingerprint density at radius 3 is 3.06 bits per heavy atom. The van der Waals surface area contributed by atoms with Crippen LogP contribution in [0.5, 0.6) is 5.75 Å². The number of carbonyl (C=O) groups is 1. The summed E-state index contributed by atoms with van der Waals surface area (Å²) in [4.78, 5) is 11.2. The van der Waals surface area contributed by atoms with Crippen molar-refractivity contribution in [2.24, 2.45) is 0 Å². The molecule has 0 saturated heterocycles. The summed E-state index contributed by atoms with van der Waals surface area (Å²) >= 11 is 0. The fourth-order valence-electron chi connectivity index (χ4n) is 1.65. The molecule has 0 aliphatic carbocycles. The molecule has 1 heterocycles. The minimum atomic E-state index is -0.0260. The largest absolute Gasteiger partial charge is 0.491 e. The summed E-state index contributed by atoms with van der Waals surface area (Å²) in [6, 6.07) is 3.48. The quantitative estimate of drug-likeness (QED) is 0.512. The minimum Gasteiger partial charge on any atom is -0.491 e. The van der Waals surface area contributed by atoms with Gasteiger partial charge in [0.25, 0.3) is 0 Å². The lowest BCUT2D eigenvalue weighted by Crippen LogP contribution is -2.04. The highest BCUT2D eigenvalue weighted by molar-refractivity contribution is 6.00. The van der Waals surface area contributed by atoms with Gasteiger partial charge in [-0.1, -0.05) is 0 Å². The minimum absolute atomic E-state index is 0.0260. The standard InChI is InChI=1S/C11H14N2O3/c12-8-4-7-5-11(15)13-9(7)6-10(8)16-3-1-2-14/h4,6,14H,1-3,5,12H2,(H,13,15). The maximum absolute atomic E-state index is 11.2. The van der Waals surface area contributed by atoms with Crippen LogP contribution in [0.15, 0.2) is 12.1 Å². The van der Waals surface area contributed by atoms with Crippen molar-refractivity contribution in [1.82, 2.24) is 0 Å². The van der Waals surface area contributed by atoms with Crippen LogP contribution in [0.4, 0.5) is 11.4 Å². The molecule has 1 aliphatic heterocycles. The Morgan fingerprint density at radius 1 is 1.50 bits per heavy atom. The van der Waals surface area contributed by atoms with Crippen molar-refractivity contribution in [3.63, 3.8) is 0 Å². The number of fused-ring (bicyclic) bond motifs is 1. The van der Waals surface area contributed by atoms with Crippen LogP contribution < -0.4 is 15.8 Å². The normalized spacial score (nSPS) is 13.4. The van der Waals surface area contributed by atoms with Crippen molar-refractivity contribution < 1.29 is 14.6 Å². The highest BCUT2D eigenvalue weighted by Gasteiger charge is 2.19. The molecule has 4 N–H and O–H groups in total. The van der Waals surface area contributed by atoms with Crippen LogP contribution in [0.25, 0.3) is 0 Å². The Kier molecular flexibility index (Phi) is 2.96. The summed E-state index contributed by atoms with van der Waals surface area (Å²) in [6.07, 6.45) is 0.930. The van der Waals surface area contributed by atoms with Gasteiger partial charge in [-0.25, -0.2) is 0 Å². The highest BCUT2D eigenvalue weighted by atomic mass is 16.5. The van der Waals surface area contributed by atoms with Crippen LogP contribution in [0.3, 0.4) is 0 Å². The number of hydrogen-bond acceptors (Lipinski definition) is 4. The van der Waals surface area contributed by atoms with Gasteiger partial charge in [0.2, 0.25) is 5.91 Å². The number of carbonyl (C=O) groups excluding carboxylic acids is 1. The number of amides is 1. The molecule has 1 amide bonds. The maximum atomic E-state index is 11.2. The van der Waals surface area contributed by atoms with Gasteiger partial charge < -0.3 is 20.9 Å². The van der Waals surface area contributed by atoms with Crippen molar-refractivity contribution in [2.45, 2.75) is 12.8 Å². The van der Waals surface area contributed by atoms with E-state index in [1.165, 1.54) is 0 Å². The topological polar surface area (TPSA) is 84.6 Å². The van der Waals surface area contributed by atoms with Gasteiger partial charge in [0, 0.05) is 24.8 Å². The van der Waals surface area contributed by atoms with E-state index in [-0.39, 0.29) is 12.5 Å². The second-order valence-electron chi connectivity index (χ2n) is 3.70. The highest BCUT2D eigenvalue weighted by Crippen LogP contribution is 2.32. The zero-order valence-corrected chi connectivity index (χ0v) is 8.82. The van der Waals surface area contributed by atoms with Crippen LogP contribution >= 0.6 is 0 Å². The number of nitrogens with two attached hydrogens (primary N) is 1. The van der Waals surface area contributed by atoms with E-state index in [9.17, 15) is 4.79 Å². The molecule has 1 aromatic rings. The molecule has 1 aromatic carbocycles. The van der Waals surface area contributed by atoms with Gasteiger partial charge in [-0.15, -0.1) is 0 Å². The number of rotatable bonds is 4. The Labute approximate surface area is 93.2 Å². The van der Waals surface area contributed by atoms with Crippen molar-refractivity contribution in [3.8, 4) is 5.75 Å². The van der Waals surface area contributed by atoms with Crippen LogP contribution in [-0.2, 0) is 11.2 Å². The second kappa shape index (κ2) is 4.40. The number of hydrogen-bond donors (Lipinski definition) is 3. The molecule has 0 saturated carbocycles. The second-order valence-corrected chi connectivity index (χ2v) is 3.70. The van der Waals surface area contributed by atoms with Crippen LogP contribution in [0.2, 0.25) is 0 Å². The number of aliphatic hydroxyl groups is 1. The molecule has 0 fully saturated rings. The SMILES string of the molecule is Nc1cc2c(cc1OCCCO)NC(=O)C2. The van der Waals surface area contributed by atoms with E-state index in [0.29, 0.717) is 30.9 Å². The third-order valence-corrected chi connectivity index (χ3v) is 2.42. The number of anilines is 2. The van der Waals surface area contributed by atoms with Crippen LogP contribution in [-0.4, -0.2) is 24.2 Å². The van der Waals surface area contributed by atoms with Gasteiger partial charge in [-0.2, -0.15) is 0 Å². The first kappa shape index (κ1) is 10.8. The Balaban J connectivity index is 2.15. The first-order valence-electron chi connectivity index (χ1n) is 5.16. The number of benzene rings is 1. The van der Waals surface area contributed by atoms with Crippen LogP contribution in [0.1, 0.15) is 12.0 Å². The van der Waals surface area contributed by atoms with Gasteiger partial charge in [0.1, 0.15) is 5.75 Å². The van der Waals surface area contributed by atoms with Gasteiger partial charge in [0.05, 0.1) is 18.7 Å². The summed E-state index contributed by atoms with van der Waals surface area (Å²) in [5.74, 6) is 0.524. The molecule has 16 heavy (non-hydrogen) atoms. The lowest BCUT2D eigenvalue weighted by atomic mass is 10.1. The molecule has 0 aromatic heterocycles. The first-order valence-corrected chi connectivity index (χ1v) is 5.16. The molecule has 0 spiro atoms. The summed E-state index contributed by atoms with van der Waals surface area (Å²) in [5, 5.41) is 11.4. The fourth-order valence-corrected chi connectivity index (χ4v) is 1.65. The molecule has 0 atom stereocenters. The molecule has 0 radical (unpaired) electrons. The molecule has 5 nitrogen and oxygen atoms in total. The molecule has 2 rings (SSSR count). The van der Waals surface area contributed by atoms with Gasteiger partial charge in [-0.3, -0.25) is 4.79 Å². The van der Waals surface area contributed by atoms with Crippen molar-refractivity contribution in [1.29, 1.82) is 0 Å². The number of aliphatic hydroxyl groups excluding tert-OH is 1. The molecule has 5 heteroatoms. The third-order valence-electron chi connectivity index (χ3n) is 2.42. The van der Waals surface area contributed by atoms with Gasteiger partial charge in [-0.05, 0) is 11.6 Å². The molecule has 1 aliphatic rings. The van der Waals surface area contributed by atoms with E-state index in [1.807, 2.05) is 0 Å². The monoisotopic (exact) mass is 222 g/mol. The molecular formula is C11H14N2O3. The number of nitrogens with one attached hydrogen (secondary N) is 1. The lowest BCUT2D eigenvalue weighted by molar-refractivity contribution is -0.115. The summed E-state index contributed by atoms with van der Waals surface area (Å²) < 4.78 is 5.40. The van der Waals surface area contributed by atoms with Crippen LogP contribution in [0, 0.1) is 0 Å². The van der Waals surface area contributed by atoms with E-state index in [0.717, 1.165) is 11.3 Å². The van der Waals surface area contributed by atoms with Crippen molar-refractivity contribution >= 4 is 17.3 Å². The predicted molar refractivity (Wildman–Crippen MR) is 60.4 cm³/mol. The first-order chi connectivity index (χ1) is 7.70. The number of ether oxygens (including phenoxy) is 1. The molecular weight excluding hydrogens is 208 g/mol. The summed E-state index contributed by atoms with van der Waals surface area (Å²) in [5.41, 5.74) is 7.98. The van der Waals surface area contributed by atoms with E-state index in [1.54, 1.807) is 12.1 Å². The zero-order valence-electron chi connectivity index (χ0n) is 8.82. The zero-order chi connectivity index (χ0) is 11.5. The Morgan fingerprint density at radius 2 is 2.31 bits per heavy atom. The third kappa shape index (κ3) is 2.09.